The molecule has 2 heterocycles. The number of ether oxygens (including phenoxy) is 2. The number of phenols is 1. The molecule has 2 aromatic rings. The number of thioether (sulfide) groups is 1. The first-order chi connectivity index (χ1) is 12.9. The lowest BCUT2D eigenvalue weighted by molar-refractivity contribution is -0.123. The maximum atomic E-state index is 12.6. The van der Waals surface area contributed by atoms with E-state index >= 15 is 0 Å². The van der Waals surface area contributed by atoms with Crippen LogP contribution in [0.5, 0.6) is 11.5 Å². The number of para-hydroxylation sites is 1. The summed E-state index contributed by atoms with van der Waals surface area (Å²) in [4.78, 5) is 37.3. The number of benzene rings is 1. The van der Waals surface area contributed by atoms with Gasteiger partial charge in [-0.25, -0.2) is 4.79 Å². The monoisotopic (exact) mass is 389 g/mol. The van der Waals surface area contributed by atoms with Crippen LogP contribution in [-0.2, 0) is 16.1 Å². The molecule has 27 heavy (non-hydrogen) atoms. The lowest BCUT2D eigenvalue weighted by Gasteiger charge is -2.10. The van der Waals surface area contributed by atoms with Crippen molar-refractivity contribution in [1.82, 2.24) is 4.90 Å². The minimum absolute atomic E-state index is 0.0173. The highest BCUT2D eigenvalue weighted by atomic mass is 32.2. The number of phenolic OH excluding ortho intramolecular Hbond substituents is 1. The number of aromatic hydroxyl groups is 1. The third kappa shape index (κ3) is 3.68. The number of imide groups is 1. The summed E-state index contributed by atoms with van der Waals surface area (Å²) in [7, 11) is 2.64. The number of carbonyl (C=O) groups excluding carboxylic acids is 3. The van der Waals surface area contributed by atoms with Crippen molar-refractivity contribution >= 4 is 35.0 Å². The topological polar surface area (TPSA) is 106 Å². The maximum absolute atomic E-state index is 12.6. The molecule has 0 radical (unpaired) electrons. The number of amides is 2. The third-order valence-electron chi connectivity index (χ3n) is 3.77. The van der Waals surface area contributed by atoms with Gasteiger partial charge < -0.3 is 19.0 Å². The highest BCUT2D eigenvalue weighted by molar-refractivity contribution is 8.18. The summed E-state index contributed by atoms with van der Waals surface area (Å²) in [5, 5.41) is 9.65. The molecule has 1 fully saturated rings. The van der Waals surface area contributed by atoms with Gasteiger partial charge in [-0.2, -0.15) is 0 Å². The van der Waals surface area contributed by atoms with Crippen LogP contribution in [-0.4, -0.2) is 41.3 Å². The first-order valence-electron chi connectivity index (χ1n) is 7.73. The predicted octanol–water partition coefficient (Wildman–Crippen LogP) is 3.02. The molecule has 1 aliphatic heterocycles. The van der Waals surface area contributed by atoms with E-state index < -0.39 is 17.1 Å². The van der Waals surface area contributed by atoms with Crippen LogP contribution in [0.3, 0.4) is 0 Å². The van der Waals surface area contributed by atoms with E-state index in [9.17, 15) is 19.5 Å². The zero-order chi connectivity index (χ0) is 19.6. The molecule has 0 unspecified atom stereocenters. The summed E-state index contributed by atoms with van der Waals surface area (Å²) >= 11 is 0.749. The number of carbonyl (C=O) groups is 3. The fraction of sp³-hybridized carbons (Fsp3) is 0.167. The summed E-state index contributed by atoms with van der Waals surface area (Å²) in [6.07, 6.45) is 1.42. The van der Waals surface area contributed by atoms with Gasteiger partial charge in [0.25, 0.3) is 11.1 Å². The van der Waals surface area contributed by atoms with Gasteiger partial charge in [0.2, 0.25) is 5.76 Å². The fourth-order valence-electron chi connectivity index (χ4n) is 2.43. The van der Waals surface area contributed by atoms with E-state index in [4.69, 9.17) is 9.15 Å². The van der Waals surface area contributed by atoms with Crippen molar-refractivity contribution in [2.45, 2.75) is 6.54 Å². The molecule has 1 aromatic heterocycles. The number of rotatable bonds is 5. The van der Waals surface area contributed by atoms with Crippen LogP contribution in [0.2, 0.25) is 0 Å². The van der Waals surface area contributed by atoms with E-state index in [2.05, 4.69) is 4.74 Å². The highest BCUT2D eigenvalue weighted by Crippen LogP contribution is 2.37. The molecule has 9 heteroatoms. The number of nitrogens with zero attached hydrogens (tertiary/aromatic N) is 1. The van der Waals surface area contributed by atoms with Crippen LogP contribution in [0.15, 0.2) is 39.7 Å². The lowest BCUT2D eigenvalue weighted by Crippen LogP contribution is -2.27. The van der Waals surface area contributed by atoms with Crippen molar-refractivity contribution in [3.05, 3.63) is 52.3 Å². The van der Waals surface area contributed by atoms with Crippen LogP contribution in [0.1, 0.15) is 21.9 Å². The molecule has 0 saturated carbocycles. The maximum Gasteiger partial charge on any atom is 0.373 e. The molecular weight excluding hydrogens is 374 g/mol. The summed E-state index contributed by atoms with van der Waals surface area (Å²) in [6.45, 7) is -0.122. The minimum Gasteiger partial charge on any atom is -0.504 e. The van der Waals surface area contributed by atoms with Gasteiger partial charge in [0.15, 0.2) is 11.5 Å². The average molecular weight is 389 g/mol. The molecule has 3 rings (SSSR count). The third-order valence-corrected chi connectivity index (χ3v) is 4.68. The highest BCUT2D eigenvalue weighted by Gasteiger charge is 2.36. The van der Waals surface area contributed by atoms with E-state index in [0.717, 1.165) is 16.7 Å². The average Bonchev–Trinajstić information content (AvgIpc) is 3.23. The number of hydrogen-bond acceptors (Lipinski definition) is 8. The van der Waals surface area contributed by atoms with Crippen LogP contribution in [0.25, 0.3) is 6.08 Å². The molecule has 140 valence electrons. The predicted molar refractivity (Wildman–Crippen MR) is 96.2 cm³/mol. The number of methoxy groups -OCH3 is 2. The quantitative estimate of drug-likeness (QED) is 0.614. The van der Waals surface area contributed by atoms with Crippen molar-refractivity contribution in [2.75, 3.05) is 14.2 Å². The van der Waals surface area contributed by atoms with Crippen LogP contribution in [0, 0.1) is 0 Å². The molecule has 8 nitrogen and oxygen atoms in total. The standard InChI is InChI=1S/C18H15NO7S/c1-24-12-5-3-4-10(15(12)20)8-14-16(21)19(18(23)27-14)9-11-6-7-13(26-11)17(22)25-2/h3-8,20H,9H2,1-2H3. The Labute approximate surface area is 158 Å². The summed E-state index contributed by atoms with van der Waals surface area (Å²) in [5.41, 5.74) is 0.353. The van der Waals surface area contributed by atoms with Crippen molar-refractivity contribution in [2.24, 2.45) is 0 Å². The van der Waals surface area contributed by atoms with E-state index in [1.165, 1.54) is 32.4 Å². The molecule has 1 N–H and O–H groups in total. The Hall–Kier alpha value is -3.20. The molecule has 0 aliphatic carbocycles. The van der Waals surface area contributed by atoms with E-state index in [1.807, 2.05) is 0 Å². The van der Waals surface area contributed by atoms with Gasteiger partial charge in [0.1, 0.15) is 5.76 Å². The molecule has 0 bridgehead atoms. The zero-order valence-electron chi connectivity index (χ0n) is 14.4. The Bertz CT molecular complexity index is 947. The van der Waals surface area contributed by atoms with E-state index in [-0.39, 0.29) is 34.5 Å². The SMILES string of the molecule is COC(=O)c1ccc(CN2C(=O)SC(=Cc3cccc(OC)c3O)C2=O)o1. The normalized spacial score (nSPS) is 15.5. The second-order valence-electron chi connectivity index (χ2n) is 5.42. The Morgan fingerprint density at radius 1 is 1.26 bits per heavy atom. The molecule has 0 atom stereocenters. The second kappa shape index (κ2) is 7.58. The van der Waals surface area contributed by atoms with Crippen LogP contribution in [0.4, 0.5) is 4.79 Å². The fourth-order valence-corrected chi connectivity index (χ4v) is 3.26. The second-order valence-corrected chi connectivity index (χ2v) is 6.42. The lowest BCUT2D eigenvalue weighted by atomic mass is 10.1. The number of hydrogen-bond donors (Lipinski definition) is 1. The molecule has 2 amide bonds. The van der Waals surface area contributed by atoms with Gasteiger partial charge >= 0.3 is 5.97 Å². The Balaban J connectivity index is 1.81. The first-order valence-corrected chi connectivity index (χ1v) is 8.54. The molecular formula is C18H15NO7S. The minimum atomic E-state index is -0.649. The molecule has 1 saturated heterocycles. The van der Waals surface area contributed by atoms with Gasteiger partial charge in [-0.3, -0.25) is 14.5 Å². The first kappa shape index (κ1) is 18.6. The van der Waals surface area contributed by atoms with Gasteiger partial charge in [-0.1, -0.05) is 12.1 Å². The summed E-state index contributed by atoms with van der Waals surface area (Å²) in [5.74, 6) is -0.791. The van der Waals surface area contributed by atoms with Crippen molar-refractivity contribution in [1.29, 1.82) is 0 Å². The van der Waals surface area contributed by atoms with Gasteiger partial charge in [-0.05, 0) is 36.0 Å². The van der Waals surface area contributed by atoms with Crippen molar-refractivity contribution in [3.8, 4) is 11.5 Å². The molecule has 1 aromatic carbocycles. The van der Waals surface area contributed by atoms with Gasteiger partial charge in [-0.15, -0.1) is 0 Å². The smallest absolute Gasteiger partial charge is 0.373 e. The molecule has 0 spiro atoms. The van der Waals surface area contributed by atoms with Gasteiger partial charge in [0.05, 0.1) is 25.7 Å². The largest absolute Gasteiger partial charge is 0.504 e. The number of esters is 1. The number of furan rings is 1. The molecule has 1 aliphatic rings. The van der Waals surface area contributed by atoms with E-state index in [1.54, 1.807) is 18.2 Å². The Morgan fingerprint density at radius 2 is 2.04 bits per heavy atom. The Kier molecular flexibility index (Phi) is 5.22. The Morgan fingerprint density at radius 3 is 2.74 bits per heavy atom. The summed E-state index contributed by atoms with van der Waals surface area (Å²) in [6, 6.07) is 7.73. The van der Waals surface area contributed by atoms with Crippen LogP contribution >= 0.6 is 11.8 Å². The van der Waals surface area contributed by atoms with Crippen molar-refractivity contribution in [3.63, 3.8) is 0 Å². The summed E-state index contributed by atoms with van der Waals surface area (Å²) < 4.78 is 14.9. The van der Waals surface area contributed by atoms with E-state index in [0.29, 0.717) is 5.56 Å². The van der Waals surface area contributed by atoms with Gasteiger partial charge in [0, 0.05) is 5.56 Å². The zero-order valence-corrected chi connectivity index (χ0v) is 15.2. The van der Waals surface area contributed by atoms with Crippen LogP contribution < -0.4 is 4.74 Å². The van der Waals surface area contributed by atoms with Crippen molar-refractivity contribution < 1.29 is 33.4 Å².